The number of hydrogen-bond donors (Lipinski definition) is 1. The molecule has 0 aliphatic carbocycles. The number of nitrogens with zero attached hydrogens (tertiary/aromatic N) is 4. The van der Waals surface area contributed by atoms with Gasteiger partial charge in [-0.25, -0.2) is 9.18 Å². The van der Waals surface area contributed by atoms with Crippen molar-refractivity contribution in [2.75, 3.05) is 0 Å². The molecule has 0 bridgehead atoms. The number of amides is 3. The van der Waals surface area contributed by atoms with Crippen LogP contribution in [-0.4, -0.2) is 27.0 Å². The van der Waals surface area contributed by atoms with E-state index in [1.165, 1.54) is 24.3 Å². The molecule has 4 rings (SSSR count). The van der Waals surface area contributed by atoms with E-state index in [2.05, 4.69) is 15.5 Å². The summed E-state index contributed by atoms with van der Waals surface area (Å²) in [6.07, 6.45) is 0. The van der Waals surface area contributed by atoms with Crippen LogP contribution < -0.4 is 5.32 Å². The molecule has 1 aliphatic rings. The van der Waals surface area contributed by atoms with E-state index >= 15 is 0 Å². The Morgan fingerprint density at radius 1 is 1.17 bits per heavy atom. The average molecular weight is 391 g/mol. The van der Waals surface area contributed by atoms with Crippen molar-refractivity contribution in [1.82, 2.24) is 20.4 Å². The third kappa shape index (κ3) is 3.21. The van der Waals surface area contributed by atoms with Crippen LogP contribution in [0.3, 0.4) is 0 Å². The molecule has 0 radical (unpaired) electrons. The van der Waals surface area contributed by atoms with Crippen molar-refractivity contribution >= 4 is 11.9 Å². The van der Waals surface area contributed by atoms with Gasteiger partial charge in [-0.2, -0.15) is 10.2 Å². The van der Waals surface area contributed by atoms with E-state index in [-0.39, 0.29) is 24.1 Å². The van der Waals surface area contributed by atoms with E-state index in [1.54, 1.807) is 31.2 Å². The Morgan fingerprint density at radius 2 is 1.86 bits per heavy atom. The summed E-state index contributed by atoms with van der Waals surface area (Å²) in [6.45, 7) is 1.39. The molecule has 144 valence electrons. The predicted molar refractivity (Wildman–Crippen MR) is 97.3 cm³/mol. The van der Waals surface area contributed by atoms with Crippen LogP contribution in [0.25, 0.3) is 11.4 Å². The number of nitrogens with one attached hydrogen (secondary N) is 1. The van der Waals surface area contributed by atoms with Crippen molar-refractivity contribution in [3.63, 3.8) is 0 Å². The molecule has 1 N–H and O–H groups in total. The fourth-order valence-electron chi connectivity index (χ4n) is 3.08. The van der Waals surface area contributed by atoms with E-state index in [9.17, 15) is 14.0 Å². The Morgan fingerprint density at radius 3 is 2.52 bits per heavy atom. The molecule has 1 aromatic heterocycles. The molecule has 0 unspecified atom stereocenters. The minimum atomic E-state index is -1.27. The lowest BCUT2D eigenvalue weighted by Gasteiger charge is -2.21. The van der Waals surface area contributed by atoms with Crippen LogP contribution in [0.4, 0.5) is 9.18 Å². The number of halogens is 1. The zero-order valence-corrected chi connectivity index (χ0v) is 15.2. The van der Waals surface area contributed by atoms with E-state index in [0.29, 0.717) is 16.7 Å². The summed E-state index contributed by atoms with van der Waals surface area (Å²) in [4.78, 5) is 30.5. The normalized spacial score (nSPS) is 18.6. The van der Waals surface area contributed by atoms with Gasteiger partial charge < -0.3 is 9.84 Å². The monoisotopic (exact) mass is 391 g/mol. The maximum absolute atomic E-state index is 13.1. The SMILES string of the molecule is C[C@@]1(c2ccc(C#N)cc2)NC(=O)N(Cc2nc(-c3ccc(F)cc3)no2)C1=O. The molecule has 3 amide bonds. The number of hydrogen-bond acceptors (Lipinski definition) is 6. The lowest BCUT2D eigenvalue weighted by Crippen LogP contribution is -2.40. The van der Waals surface area contributed by atoms with Gasteiger partial charge in [-0.15, -0.1) is 0 Å². The Kier molecular flexibility index (Phi) is 4.31. The highest BCUT2D eigenvalue weighted by Crippen LogP contribution is 2.30. The largest absolute Gasteiger partial charge is 0.337 e. The third-order valence-electron chi connectivity index (χ3n) is 4.73. The molecule has 1 aliphatic heterocycles. The van der Waals surface area contributed by atoms with Gasteiger partial charge in [0.15, 0.2) is 0 Å². The van der Waals surface area contributed by atoms with Crippen molar-refractivity contribution in [2.45, 2.75) is 19.0 Å². The molecule has 2 heterocycles. The molecular weight excluding hydrogens is 377 g/mol. The van der Waals surface area contributed by atoms with Gasteiger partial charge in [0, 0.05) is 5.56 Å². The van der Waals surface area contributed by atoms with Crippen molar-refractivity contribution in [2.24, 2.45) is 0 Å². The number of carbonyl (C=O) groups excluding carboxylic acids is 2. The fourth-order valence-corrected chi connectivity index (χ4v) is 3.08. The molecular formula is C20H14FN5O3. The fraction of sp³-hybridized carbons (Fsp3) is 0.150. The maximum atomic E-state index is 13.1. The predicted octanol–water partition coefficient (Wildman–Crippen LogP) is 2.71. The lowest BCUT2D eigenvalue weighted by molar-refractivity contribution is -0.131. The summed E-state index contributed by atoms with van der Waals surface area (Å²) in [6, 6.07) is 13.4. The van der Waals surface area contributed by atoms with Gasteiger partial charge in [-0.1, -0.05) is 17.3 Å². The third-order valence-corrected chi connectivity index (χ3v) is 4.73. The molecule has 0 spiro atoms. The lowest BCUT2D eigenvalue weighted by atomic mass is 9.91. The summed E-state index contributed by atoms with van der Waals surface area (Å²) >= 11 is 0. The minimum Gasteiger partial charge on any atom is -0.337 e. The number of rotatable bonds is 4. The number of aromatic nitrogens is 2. The summed E-state index contributed by atoms with van der Waals surface area (Å²) < 4.78 is 18.2. The molecule has 9 heteroatoms. The summed E-state index contributed by atoms with van der Waals surface area (Å²) in [5.74, 6) is -0.577. The van der Waals surface area contributed by atoms with Gasteiger partial charge >= 0.3 is 6.03 Å². The second kappa shape index (κ2) is 6.83. The number of carbonyl (C=O) groups is 2. The smallest absolute Gasteiger partial charge is 0.325 e. The summed E-state index contributed by atoms with van der Waals surface area (Å²) in [5, 5.41) is 15.4. The van der Waals surface area contributed by atoms with Crippen molar-refractivity contribution < 1.29 is 18.5 Å². The number of benzene rings is 2. The van der Waals surface area contributed by atoms with Gasteiger partial charge in [-0.3, -0.25) is 9.69 Å². The number of imide groups is 1. The number of urea groups is 1. The van der Waals surface area contributed by atoms with Gasteiger partial charge in [0.05, 0.1) is 11.6 Å². The molecule has 29 heavy (non-hydrogen) atoms. The molecule has 0 saturated carbocycles. The summed E-state index contributed by atoms with van der Waals surface area (Å²) in [7, 11) is 0. The van der Waals surface area contributed by atoms with Crippen LogP contribution in [0, 0.1) is 17.1 Å². The molecule has 1 atom stereocenters. The Hall–Kier alpha value is -4.06. The Labute approximate surface area is 164 Å². The van der Waals surface area contributed by atoms with Crippen LogP contribution in [-0.2, 0) is 16.9 Å². The van der Waals surface area contributed by atoms with E-state index in [1.807, 2.05) is 6.07 Å². The van der Waals surface area contributed by atoms with Crippen LogP contribution in [0.15, 0.2) is 53.1 Å². The molecule has 1 fully saturated rings. The zero-order valence-electron chi connectivity index (χ0n) is 15.2. The van der Waals surface area contributed by atoms with E-state index < -0.39 is 17.5 Å². The van der Waals surface area contributed by atoms with Gasteiger partial charge in [0.1, 0.15) is 17.9 Å². The van der Waals surface area contributed by atoms with Crippen LogP contribution in [0.5, 0.6) is 0 Å². The first-order valence-corrected chi connectivity index (χ1v) is 8.64. The molecule has 8 nitrogen and oxygen atoms in total. The van der Waals surface area contributed by atoms with Crippen LogP contribution in [0.1, 0.15) is 23.9 Å². The Bertz CT molecular complexity index is 1130. The van der Waals surface area contributed by atoms with Gasteiger partial charge in [0.25, 0.3) is 5.91 Å². The topological polar surface area (TPSA) is 112 Å². The second-order valence-corrected chi connectivity index (χ2v) is 6.65. The first-order valence-electron chi connectivity index (χ1n) is 8.64. The first-order chi connectivity index (χ1) is 13.9. The van der Waals surface area contributed by atoms with Crippen LogP contribution in [0.2, 0.25) is 0 Å². The minimum absolute atomic E-state index is 0.0666. The molecule has 2 aromatic carbocycles. The number of nitriles is 1. The van der Waals surface area contributed by atoms with Crippen LogP contribution >= 0.6 is 0 Å². The van der Waals surface area contributed by atoms with Crippen molar-refractivity contribution in [3.8, 4) is 17.5 Å². The summed E-state index contributed by atoms with van der Waals surface area (Å²) in [5.41, 5.74) is 0.270. The average Bonchev–Trinajstić information content (AvgIpc) is 3.28. The highest BCUT2D eigenvalue weighted by atomic mass is 19.1. The first kappa shape index (κ1) is 18.3. The van der Waals surface area contributed by atoms with Crippen molar-refractivity contribution in [1.29, 1.82) is 5.26 Å². The van der Waals surface area contributed by atoms with Gasteiger partial charge in [-0.05, 0) is 48.9 Å². The quantitative estimate of drug-likeness (QED) is 0.685. The van der Waals surface area contributed by atoms with E-state index in [4.69, 9.17) is 9.78 Å². The van der Waals surface area contributed by atoms with Gasteiger partial charge in [0.2, 0.25) is 11.7 Å². The van der Waals surface area contributed by atoms with Crippen molar-refractivity contribution in [3.05, 3.63) is 71.4 Å². The maximum Gasteiger partial charge on any atom is 0.325 e. The molecule has 3 aromatic rings. The van der Waals surface area contributed by atoms with E-state index in [0.717, 1.165) is 4.90 Å². The Balaban J connectivity index is 1.55. The second-order valence-electron chi connectivity index (χ2n) is 6.65. The highest BCUT2D eigenvalue weighted by Gasteiger charge is 2.49. The highest BCUT2D eigenvalue weighted by molar-refractivity contribution is 6.07. The standard InChI is InChI=1S/C20H14FN5O3/c1-20(14-6-2-12(10-22)3-7-14)18(27)26(19(28)24-20)11-16-23-17(25-29-16)13-4-8-15(21)9-5-13/h2-9H,11H2,1H3,(H,24,28)/t20-/m0/s1. The molecule has 1 saturated heterocycles. The zero-order chi connectivity index (χ0) is 20.6.